The van der Waals surface area contributed by atoms with Crippen molar-refractivity contribution in [2.45, 2.75) is 23.5 Å². The largest absolute Gasteiger partial charge is 0.384 e. The second-order valence-corrected chi connectivity index (χ2v) is 6.24. The van der Waals surface area contributed by atoms with Crippen LogP contribution in [0.1, 0.15) is 11.1 Å². The van der Waals surface area contributed by atoms with E-state index in [1.165, 1.54) is 10.5 Å². The zero-order valence-corrected chi connectivity index (χ0v) is 11.6. The first kappa shape index (κ1) is 12.5. The van der Waals surface area contributed by atoms with Crippen LogP contribution in [-0.4, -0.2) is 11.8 Å². The van der Waals surface area contributed by atoms with Crippen LogP contribution in [0.25, 0.3) is 0 Å². The summed E-state index contributed by atoms with van der Waals surface area (Å²) in [6.07, 6.45) is 1.09. The lowest BCUT2D eigenvalue weighted by Gasteiger charge is -2.12. The fourth-order valence-corrected chi connectivity index (χ4v) is 3.55. The molecule has 0 amide bonds. The van der Waals surface area contributed by atoms with Crippen LogP contribution in [0.2, 0.25) is 0 Å². The Balaban J connectivity index is 1.61. The van der Waals surface area contributed by atoms with Gasteiger partial charge in [0.15, 0.2) is 0 Å². The average molecular weight is 273 g/mol. The molecule has 19 heavy (non-hydrogen) atoms. The Labute approximate surface area is 117 Å². The van der Waals surface area contributed by atoms with Crippen LogP contribution in [-0.2, 0) is 6.42 Å². The molecule has 2 aromatic rings. The van der Waals surface area contributed by atoms with Crippen LogP contribution in [0.5, 0.6) is 0 Å². The third kappa shape index (κ3) is 2.76. The first-order chi connectivity index (χ1) is 9.22. The zero-order valence-electron chi connectivity index (χ0n) is 10.8. The van der Waals surface area contributed by atoms with Crippen molar-refractivity contribution in [3.63, 3.8) is 0 Å². The highest BCUT2D eigenvalue weighted by atomic mass is 32.2. The SMILES string of the molecule is Cc1ccc(NCC2Cc3ccccc3S2)cc1F. The molecule has 3 rings (SSSR count). The molecule has 0 fully saturated rings. The molecule has 1 unspecified atom stereocenters. The molecule has 98 valence electrons. The van der Waals surface area contributed by atoms with E-state index in [1.54, 1.807) is 13.0 Å². The molecule has 1 heterocycles. The maximum Gasteiger partial charge on any atom is 0.128 e. The minimum Gasteiger partial charge on any atom is -0.384 e. The molecule has 0 spiro atoms. The Morgan fingerprint density at radius 3 is 2.89 bits per heavy atom. The van der Waals surface area contributed by atoms with E-state index >= 15 is 0 Å². The molecule has 3 heteroatoms. The summed E-state index contributed by atoms with van der Waals surface area (Å²) in [7, 11) is 0. The molecule has 1 aliphatic rings. The molecule has 1 aliphatic heterocycles. The van der Waals surface area contributed by atoms with Gasteiger partial charge in [-0.05, 0) is 42.7 Å². The highest BCUT2D eigenvalue weighted by molar-refractivity contribution is 8.00. The number of fused-ring (bicyclic) bond motifs is 1. The summed E-state index contributed by atoms with van der Waals surface area (Å²) in [5, 5.41) is 3.86. The third-order valence-electron chi connectivity index (χ3n) is 3.42. The van der Waals surface area contributed by atoms with Crippen molar-refractivity contribution < 1.29 is 4.39 Å². The number of aryl methyl sites for hydroxylation is 1. The molecule has 0 aliphatic carbocycles. The number of rotatable bonds is 3. The molecule has 1 nitrogen and oxygen atoms in total. The summed E-state index contributed by atoms with van der Waals surface area (Å²) >= 11 is 1.91. The van der Waals surface area contributed by atoms with Gasteiger partial charge in [-0.3, -0.25) is 0 Å². The van der Waals surface area contributed by atoms with E-state index in [9.17, 15) is 4.39 Å². The number of nitrogens with one attached hydrogen (secondary N) is 1. The maximum absolute atomic E-state index is 13.4. The van der Waals surface area contributed by atoms with Crippen LogP contribution < -0.4 is 5.32 Å². The molecule has 2 aromatic carbocycles. The van der Waals surface area contributed by atoms with Gasteiger partial charge in [-0.1, -0.05) is 24.3 Å². The van der Waals surface area contributed by atoms with Crippen LogP contribution in [0.4, 0.5) is 10.1 Å². The standard InChI is InChI=1S/C16H16FNS/c1-11-6-7-13(9-15(11)17)18-10-14-8-12-4-2-3-5-16(12)19-14/h2-7,9,14,18H,8,10H2,1H3. The number of benzene rings is 2. The summed E-state index contributed by atoms with van der Waals surface area (Å²) in [4.78, 5) is 1.38. The Hall–Kier alpha value is -1.48. The Bertz CT molecular complexity index is 572. The second kappa shape index (κ2) is 5.25. The van der Waals surface area contributed by atoms with Crippen LogP contribution >= 0.6 is 11.8 Å². The number of hydrogen-bond donors (Lipinski definition) is 1. The first-order valence-electron chi connectivity index (χ1n) is 6.47. The minimum absolute atomic E-state index is 0.146. The predicted octanol–water partition coefficient (Wildman–Crippen LogP) is 4.26. The van der Waals surface area contributed by atoms with Crippen molar-refractivity contribution in [2.24, 2.45) is 0 Å². The van der Waals surface area contributed by atoms with Gasteiger partial charge in [0.2, 0.25) is 0 Å². The second-order valence-electron chi connectivity index (χ2n) is 4.90. The van der Waals surface area contributed by atoms with Crippen molar-refractivity contribution in [2.75, 3.05) is 11.9 Å². The van der Waals surface area contributed by atoms with Gasteiger partial charge in [-0.2, -0.15) is 0 Å². The van der Waals surface area contributed by atoms with E-state index in [4.69, 9.17) is 0 Å². The molecule has 1 N–H and O–H groups in total. The average Bonchev–Trinajstić information content (AvgIpc) is 2.83. The van der Waals surface area contributed by atoms with Gasteiger partial charge in [0, 0.05) is 22.4 Å². The fourth-order valence-electron chi connectivity index (χ4n) is 2.30. The molecule has 0 saturated carbocycles. The van der Waals surface area contributed by atoms with Gasteiger partial charge in [-0.15, -0.1) is 11.8 Å². The van der Waals surface area contributed by atoms with E-state index in [2.05, 4.69) is 29.6 Å². The topological polar surface area (TPSA) is 12.0 Å². The molecular formula is C16H16FNS. The lowest BCUT2D eigenvalue weighted by Crippen LogP contribution is -2.15. The highest BCUT2D eigenvalue weighted by Gasteiger charge is 2.21. The normalized spacial score (nSPS) is 17.3. The smallest absolute Gasteiger partial charge is 0.128 e. The van der Waals surface area contributed by atoms with Crippen LogP contribution in [0, 0.1) is 12.7 Å². The van der Waals surface area contributed by atoms with Crippen molar-refractivity contribution >= 4 is 17.4 Å². The summed E-state index contributed by atoms with van der Waals surface area (Å²) < 4.78 is 13.4. The van der Waals surface area contributed by atoms with E-state index in [0.717, 1.165) is 18.7 Å². The van der Waals surface area contributed by atoms with Gasteiger partial charge in [0.1, 0.15) is 5.82 Å². The quantitative estimate of drug-likeness (QED) is 0.896. The molecule has 0 radical (unpaired) electrons. The van der Waals surface area contributed by atoms with Gasteiger partial charge in [0.05, 0.1) is 0 Å². The Morgan fingerprint density at radius 1 is 1.26 bits per heavy atom. The van der Waals surface area contributed by atoms with E-state index in [1.807, 2.05) is 23.9 Å². The summed E-state index contributed by atoms with van der Waals surface area (Å²) in [6, 6.07) is 13.8. The number of halogens is 1. The summed E-state index contributed by atoms with van der Waals surface area (Å²) in [5.41, 5.74) is 2.97. The van der Waals surface area contributed by atoms with Gasteiger partial charge in [-0.25, -0.2) is 4.39 Å². The summed E-state index contributed by atoms with van der Waals surface area (Å²) in [5.74, 6) is -0.146. The first-order valence-corrected chi connectivity index (χ1v) is 7.35. The number of thioether (sulfide) groups is 1. The maximum atomic E-state index is 13.4. The van der Waals surface area contributed by atoms with Crippen molar-refractivity contribution in [1.29, 1.82) is 0 Å². The van der Waals surface area contributed by atoms with Crippen LogP contribution in [0.3, 0.4) is 0 Å². The number of anilines is 1. The molecule has 1 atom stereocenters. The third-order valence-corrected chi connectivity index (χ3v) is 4.74. The van der Waals surface area contributed by atoms with Crippen molar-refractivity contribution in [3.8, 4) is 0 Å². The van der Waals surface area contributed by atoms with Crippen molar-refractivity contribution in [3.05, 3.63) is 59.4 Å². The molecule has 0 aromatic heterocycles. The van der Waals surface area contributed by atoms with Gasteiger partial charge >= 0.3 is 0 Å². The molecule has 0 saturated heterocycles. The number of hydrogen-bond acceptors (Lipinski definition) is 2. The Kier molecular flexibility index (Phi) is 3.47. The van der Waals surface area contributed by atoms with Gasteiger partial charge < -0.3 is 5.32 Å². The Morgan fingerprint density at radius 2 is 2.11 bits per heavy atom. The minimum atomic E-state index is -0.146. The van der Waals surface area contributed by atoms with E-state index in [-0.39, 0.29) is 5.82 Å². The fraction of sp³-hybridized carbons (Fsp3) is 0.250. The zero-order chi connectivity index (χ0) is 13.2. The predicted molar refractivity (Wildman–Crippen MR) is 79.4 cm³/mol. The molecule has 0 bridgehead atoms. The van der Waals surface area contributed by atoms with E-state index in [0.29, 0.717) is 10.8 Å². The highest BCUT2D eigenvalue weighted by Crippen LogP contribution is 2.36. The molecular weight excluding hydrogens is 257 g/mol. The lowest BCUT2D eigenvalue weighted by molar-refractivity contribution is 0.619. The van der Waals surface area contributed by atoms with Crippen LogP contribution in [0.15, 0.2) is 47.4 Å². The summed E-state index contributed by atoms with van der Waals surface area (Å²) in [6.45, 7) is 2.64. The monoisotopic (exact) mass is 273 g/mol. The van der Waals surface area contributed by atoms with Crippen molar-refractivity contribution in [1.82, 2.24) is 0 Å². The van der Waals surface area contributed by atoms with E-state index < -0.39 is 0 Å². The van der Waals surface area contributed by atoms with Gasteiger partial charge in [0.25, 0.3) is 0 Å². The lowest BCUT2D eigenvalue weighted by atomic mass is 10.1.